The van der Waals surface area contributed by atoms with E-state index in [4.69, 9.17) is 16.0 Å². The van der Waals surface area contributed by atoms with Crippen molar-refractivity contribution < 1.29 is 13.6 Å². The van der Waals surface area contributed by atoms with Gasteiger partial charge in [-0.25, -0.2) is 4.39 Å². The molecule has 0 aliphatic rings. The highest BCUT2D eigenvalue weighted by Gasteiger charge is 2.15. The highest BCUT2D eigenvalue weighted by Crippen LogP contribution is 2.26. The minimum Gasteiger partial charge on any atom is -0.472 e. The normalized spacial score (nSPS) is 10.6. The molecular formula is C16H11ClFNO2S. The van der Waals surface area contributed by atoms with Crippen LogP contribution in [0.1, 0.15) is 15.2 Å². The van der Waals surface area contributed by atoms with Crippen molar-refractivity contribution in [3.63, 3.8) is 0 Å². The lowest BCUT2D eigenvalue weighted by atomic mass is 10.2. The van der Waals surface area contributed by atoms with Gasteiger partial charge in [-0.3, -0.25) is 4.79 Å². The molecule has 6 heteroatoms. The molecule has 1 amide bonds. The Kier molecular flexibility index (Phi) is 4.27. The number of carbonyl (C=O) groups excluding carboxylic acids is 1. The van der Waals surface area contributed by atoms with Gasteiger partial charge in [-0.15, -0.1) is 11.3 Å². The van der Waals surface area contributed by atoms with Crippen molar-refractivity contribution >= 4 is 28.8 Å². The third kappa shape index (κ3) is 3.05. The number of benzene rings is 1. The second-order valence-corrected chi connectivity index (χ2v) is 6.00. The van der Waals surface area contributed by atoms with Gasteiger partial charge < -0.3 is 9.73 Å². The number of nitrogens with one attached hydrogen (secondary N) is 1. The summed E-state index contributed by atoms with van der Waals surface area (Å²) in [5, 5.41) is 4.75. The van der Waals surface area contributed by atoms with E-state index >= 15 is 0 Å². The number of amides is 1. The smallest absolute Gasteiger partial charge is 0.256 e. The highest BCUT2D eigenvalue weighted by molar-refractivity contribution is 7.10. The summed E-state index contributed by atoms with van der Waals surface area (Å²) in [4.78, 5) is 13.0. The Morgan fingerprint density at radius 2 is 2.18 bits per heavy atom. The molecule has 0 spiro atoms. The first-order chi connectivity index (χ1) is 10.6. The maximum atomic E-state index is 13.7. The molecule has 0 fully saturated rings. The zero-order valence-corrected chi connectivity index (χ0v) is 12.9. The van der Waals surface area contributed by atoms with Crippen LogP contribution in [0.15, 0.2) is 52.7 Å². The van der Waals surface area contributed by atoms with Crippen molar-refractivity contribution in [1.82, 2.24) is 5.32 Å². The van der Waals surface area contributed by atoms with Crippen molar-refractivity contribution in [2.75, 3.05) is 0 Å². The summed E-state index contributed by atoms with van der Waals surface area (Å²) in [6, 6.07) is 7.98. The van der Waals surface area contributed by atoms with Crippen LogP contribution < -0.4 is 5.32 Å². The standard InChI is InChI=1S/C16H11ClFNO2S/c17-13-2-1-3-14(18)15(13)16(20)19-7-12-6-11(9-22-12)10-4-5-21-8-10/h1-6,8-9H,7H2,(H,19,20). The van der Waals surface area contributed by atoms with Crippen molar-refractivity contribution in [2.45, 2.75) is 6.54 Å². The zero-order chi connectivity index (χ0) is 15.5. The number of furan rings is 1. The molecule has 0 bridgehead atoms. The molecule has 0 radical (unpaired) electrons. The van der Waals surface area contributed by atoms with E-state index in [2.05, 4.69) is 5.32 Å². The van der Waals surface area contributed by atoms with Crippen molar-refractivity contribution in [3.8, 4) is 11.1 Å². The average molecular weight is 336 g/mol. The molecule has 112 valence electrons. The average Bonchev–Trinajstić information content (AvgIpc) is 3.16. The highest BCUT2D eigenvalue weighted by atomic mass is 35.5. The third-order valence-corrected chi connectivity index (χ3v) is 4.37. The van der Waals surface area contributed by atoms with E-state index < -0.39 is 11.7 Å². The van der Waals surface area contributed by atoms with E-state index in [0.29, 0.717) is 6.54 Å². The third-order valence-electron chi connectivity index (χ3n) is 3.12. The quantitative estimate of drug-likeness (QED) is 0.749. The summed E-state index contributed by atoms with van der Waals surface area (Å²) in [7, 11) is 0. The van der Waals surface area contributed by atoms with Crippen LogP contribution in [0.5, 0.6) is 0 Å². The van der Waals surface area contributed by atoms with Crippen molar-refractivity contribution in [2.24, 2.45) is 0 Å². The number of hydrogen-bond donors (Lipinski definition) is 1. The molecule has 3 nitrogen and oxygen atoms in total. The molecule has 0 atom stereocenters. The molecule has 0 aliphatic heterocycles. The van der Waals surface area contributed by atoms with Gasteiger partial charge in [-0.05, 0) is 35.2 Å². The van der Waals surface area contributed by atoms with Crippen LogP contribution in [0, 0.1) is 5.82 Å². The largest absolute Gasteiger partial charge is 0.472 e. The maximum Gasteiger partial charge on any atom is 0.256 e. The van der Waals surface area contributed by atoms with Gasteiger partial charge in [-0.1, -0.05) is 17.7 Å². The molecule has 0 unspecified atom stereocenters. The Hall–Kier alpha value is -2.11. The van der Waals surface area contributed by atoms with Gasteiger partial charge in [0.05, 0.1) is 29.7 Å². The Morgan fingerprint density at radius 3 is 2.91 bits per heavy atom. The molecule has 0 saturated heterocycles. The SMILES string of the molecule is O=C(NCc1cc(-c2ccoc2)cs1)c1c(F)cccc1Cl. The molecule has 0 saturated carbocycles. The van der Waals surface area contributed by atoms with Crippen LogP contribution in [0.25, 0.3) is 11.1 Å². The molecule has 3 rings (SSSR count). The Morgan fingerprint density at radius 1 is 1.32 bits per heavy atom. The van der Waals surface area contributed by atoms with Crippen LogP contribution in [0.2, 0.25) is 5.02 Å². The van der Waals surface area contributed by atoms with Gasteiger partial charge in [-0.2, -0.15) is 0 Å². The second-order valence-electron chi connectivity index (χ2n) is 4.59. The summed E-state index contributed by atoms with van der Waals surface area (Å²) in [6.45, 7) is 0.312. The molecular weight excluding hydrogens is 325 g/mol. The van der Waals surface area contributed by atoms with E-state index in [1.807, 2.05) is 17.5 Å². The maximum absolute atomic E-state index is 13.7. The molecule has 0 aliphatic carbocycles. The van der Waals surface area contributed by atoms with E-state index in [0.717, 1.165) is 16.0 Å². The van der Waals surface area contributed by atoms with Crippen LogP contribution in [-0.2, 0) is 6.54 Å². The first kappa shape index (κ1) is 14.8. The van der Waals surface area contributed by atoms with Crippen molar-refractivity contribution in [1.29, 1.82) is 0 Å². The summed E-state index contributed by atoms with van der Waals surface area (Å²) in [5.74, 6) is -1.16. The Labute approximate surface area is 135 Å². The lowest BCUT2D eigenvalue weighted by Crippen LogP contribution is -2.23. The minimum atomic E-state index is -0.629. The van der Waals surface area contributed by atoms with Crippen LogP contribution >= 0.6 is 22.9 Å². The summed E-state index contributed by atoms with van der Waals surface area (Å²) in [6.07, 6.45) is 3.26. The topological polar surface area (TPSA) is 42.2 Å². The summed E-state index contributed by atoms with van der Waals surface area (Å²) >= 11 is 7.38. The molecule has 2 heterocycles. The van der Waals surface area contributed by atoms with Gasteiger partial charge in [0.1, 0.15) is 5.82 Å². The lowest BCUT2D eigenvalue weighted by molar-refractivity contribution is 0.0947. The predicted molar refractivity (Wildman–Crippen MR) is 84.6 cm³/mol. The first-order valence-electron chi connectivity index (χ1n) is 6.47. The number of thiophene rings is 1. The van der Waals surface area contributed by atoms with Gasteiger partial charge >= 0.3 is 0 Å². The second kappa shape index (κ2) is 6.34. The van der Waals surface area contributed by atoms with Crippen LogP contribution in [-0.4, -0.2) is 5.91 Å². The predicted octanol–water partition coefficient (Wildman–Crippen LogP) is 4.73. The fourth-order valence-corrected chi connectivity index (χ4v) is 3.11. The van der Waals surface area contributed by atoms with Crippen LogP contribution in [0.4, 0.5) is 4.39 Å². The molecule has 1 N–H and O–H groups in total. The number of carbonyl (C=O) groups is 1. The van der Waals surface area contributed by atoms with E-state index in [-0.39, 0.29) is 10.6 Å². The van der Waals surface area contributed by atoms with Crippen molar-refractivity contribution in [3.05, 3.63) is 69.5 Å². The molecule has 3 aromatic rings. The van der Waals surface area contributed by atoms with E-state index in [1.165, 1.54) is 29.5 Å². The lowest BCUT2D eigenvalue weighted by Gasteiger charge is -2.06. The van der Waals surface area contributed by atoms with Gasteiger partial charge in [0.15, 0.2) is 0 Å². The van der Waals surface area contributed by atoms with E-state index in [9.17, 15) is 9.18 Å². The summed E-state index contributed by atoms with van der Waals surface area (Å²) in [5.41, 5.74) is 1.87. The Bertz CT molecular complexity index is 778. The summed E-state index contributed by atoms with van der Waals surface area (Å²) < 4.78 is 18.7. The Balaban J connectivity index is 1.69. The van der Waals surface area contributed by atoms with Gasteiger partial charge in [0.2, 0.25) is 0 Å². The fourth-order valence-electron chi connectivity index (χ4n) is 2.02. The first-order valence-corrected chi connectivity index (χ1v) is 7.73. The minimum absolute atomic E-state index is 0.0998. The number of rotatable bonds is 4. The zero-order valence-electron chi connectivity index (χ0n) is 11.3. The number of hydrogen-bond acceptors (Lipinski definition) is 3. The fraction of sp³-hybridized carbons (Fsp3) is 0.0625. The molecule has 22 heavy (non-hydrogen) atoms. The molecule has 1 aromatic carbocycles. The molecule has 2 aromatic heterocycles. The van der Waals surface area contributed by atoms with Crippen LogP contribution in [0.3, 0.4) is 0 Å². The monoisotopic (exact) mass is 335 g/mol. The van der Waals surface area contributed by atoms with Gasteiger partial charge in [0, 0.05) is 10.4 Å². The van der Waals surface area contributed by atoms with Gasteiger partial charge in [0.25, 0.3) is 5.91 Å². The van der Waals surface area contributed by atoms with E-state index in [1.54, 1.807) is 12.5 Å². The number of halogens is 2.